The van der Waals surface area contributed by atoms with Crippen molar-refractivity contribution >= 4 is 33.7 Å². The van der Waals surface area contributed by atoms with Crippen LogP contribution in [0.25, 0.3) is 6.08 Å². The molecule has 5 heteroatoms. The number of halogens is 1. The molecule has 1 fully saturated rings. The Labute approximate surface area is 127 Å². The monoisotopic (exact) mass is 339 g/mol. The summed E-state index contributed by atoms with van der Waals surface area (Å²) in [5.74, 6) is -0.943. The molecule has 2 rings (SSSR count). The second-order valence-electron chi connectivity index (χ2n) is 5.40. The summed E-state index contributed by atoms with van der Waals surface area (Å²) in [6.07, 6.45) is 2.80. The van der Waals surface area contributed by atoms with Gasteiger partial charge < -0.3 is 14.7 Å². The van der Waals surface area contributed by atoms with Crippen molar-refractivity contribution in [3.05, 3.63) is 34.3 Å². The van der Waals surface area contributed by atoms with E-state index in [1.165, 1.54) is 6.08 Å². The fourth-order valence-electron chi connectivity index (χ4n) is 2.31. The molecule has 0 aromatic heterocycles. The lowest BCUT2D eigenvalue weighted by molar-refractivity contribution is -0.131. The number of aliphatic carboxylic acids is 1. The van der Waals surface area contributed by atoms with E-state index in [1.807, 2.05) is 18.2 Å². The summed E-state index contributed by atoms with van der Waals surface area (Å²) in [6.45, 7) is 6.36. The van der Waals surface area contributed by atoms with Gasteiger partial charge in [-0.15, -0.1) is 0 Å². The van der Waals surface area contributed by atoms with E-state index in [9.17, 15) is 4.79 Å². The zero-order chi connectivity index (χ0) is 14.8. The molecule has 1 aliphatic rings. The first kappa shape index (κ1) is 15.1. The van der Waals surface area contributed by atoms with Gasteiger partial charge in [0, 0.05) is 29.3 Å². The summed E-state index contributed by atoms with van der Waals surface area (Å²) in [4.78, 5) is 12.9. The fourth-order valence-corrected chi connectivity index (χ4v) is 2.66. The van der Waals surface area contributed by atoms with Crippen molar-refractivity contribution < 1.29 is 14.6 Å². The third-order valence-corrected chi connectivity index (χ3v) is 3.66. The van der Waals surface area contributed by atoms with E-state index in [4.69, 9.17) is 9.84 Å². The molecule has 1 aromatic rings. The van der Waals surface area contributed by atoms with Crippen molar-refractivity contribution in [2.75, 3.05) is 24.6 Å². The number of benzene rings is 1. The summed E-state index contributed by atoms with van der Waals surface area (Å²) >= 11 is 3.47. The van der Waals surface area contributed by atoms with Gasteiger partial charge in [-0.05, 0) is 37.6 Å². The number of carboxylic acids is 1. The molecule has 108 valence electrons. The number of anilines is 1. The molecular formula is C15H18BrNO3. The summed E-state index contributed by atoms with van der Waals surface area (Å²) in [5.41, 5.74) is 1.72. The minimum atomic E-state index is -0.943. The Morgan fingerprint density at radius 2 is 2.25 bits per heavy atom. The highest BCUT2D eigenvalue weighted by molar-refractivity contribution is 9.10. The van der Waals surface area contributed by atoms with Crippen LogP contribution in [0.4, 0.5) is 5.69 Å². The number of nitrogens with zero attached hydrogens (tertiary/aromatic N) is 1. The van der Waals surface area contributed by atoms with Crippen LogP contribution in [0, 0.1) is 0 Å². The van der Waals surface area contributed by atoms with Crippen LogP contribution < -0.4 is 4.90 Å². The average Bonchev–Trinajstić information content (AvgIpc) is 2.36. The molecule has 0 saturated carbocycles. The number of rotatable bonds is 3. The van der Waals surface area contributed by atoms with E-state index in [2.05, 4.69) is 34.7 Å². The Morgan fingerprint density at radius 3 is 2.90 bits per heavy atom. The molecule has 4 nitrogen and oxygen atoms in total. The van der Waals surface area contributed by atoms with Crippen LogP contribution in [0.3, 0.4) is 0 Å². The molecular weight excluding hydrogens is 322 g/mol. The van der Waals surface area contributed by atoms with Gasteiger partial charge in [-0.25, -0.2) is 4.79 Å². The second kappa shape index (κ2) is 5.97. The van der Waals surface area contributed by atoms with Gasteiger partial charge in [-0.1, -0.05) is 22.0 Å². The van der Waals surface area contributed by atoms with Crippen LogP contribution >= 0.6 is 15.9 Å². The maximum absolute atomic E-state index is 10.7. The lowest BCUT2D eigenvalue weighted by atomic mass is 10.0. The minimum absolute atomic E-state index is 0.200. The smallest absolute Gasteiger partial charge is 0.328 e. The zero-order valence-electron chi connectivity index (χ0n) is 11.6. The highest BCUT2D eigenvalue weighted by Gasteiger charge is 2.28. The highest BCUT2D eigenvalue weighted by Crippen LogP contribution is 2.30. The van der Waals surface area contributed by atoms with E-state index in [0.29, 0.717) is 6.61 Å². The maximum Gasteiger partial charge on any atom is 0.328 e. The first-order valence-electron chi connectivity index (χ1n) is 6.47. The van der Waals surface area contributed by atoms with E-state index < -0.39 is 5.97 Å². The minimum Gasteiger partial charge on any atom is -0.478 e. The highest BCUT2D eigenvalue weighted by atomic mass is 79.9. The van der Waals surface area contributed by atoms with E-state index >= 15 is 0 Å². The Balaban J connectivity index is 2.33. The Kier molecular flexibility index (Phi) is 4.50. The summed E-state index contributed by atoms with van der Waals surface area (Å²) in [5, 5.41) is 8.78. The molecule has 20 heavy (non-hydrogen) atoms. The molecule has 0 atom stereocenters. The summed E-state index contributed by atoms with van der Waals surface area (Å²) in [6, 6.07) is 5.85. The SMILES string of the molecule is CC1(C)CN(c2cc(Br)ccc2/C=C/C(=O)O)CCO1. The van der Waals surface area contributed by atoms with Gasteiger partial charge in [0.15, 0.2) is 0 Å². The number of ether oxygens (including phenoxy) is 1. The third kappa shape index (κ3) is 3.84. The molecule has 1 N–H and O–H groups in total. The number of morpholine rings is 1. The Morgan fingerprint density at radius 1 is 1.50 bits per heavy atom. The topological polar surface area (TPSA) is 49.8 Å². The first-order chi connectivity index (χ1) is 9.37. The number of carbonyl (C=O) groups is 1. The van der Waals surface area contributed by atoms with Crippen molar-refractivity contribution in [2.45, 2.75) is 19.4 Å². The fraction of sp³-hybridized carbons (Fsp3) is 0.400. The molecule has 1 heterocycles. The van der Waals surface area contributed by atoms with Crippen molar-refractivity contribution in [1.29, 1.82) is 0 Å². The van der Waals surface area contributed by atoms with Gasteiger partial charge in [-0.3, -0.25) is 0 Å². The van der Waals surface area contributed by atoms with Gasteiger partial charge in [0.1, 0.15) is 0 Å². The van der Waals surface area contributed by atoms with Gasteiger partial charge in [-0.2, -0.15) is 0 Å². The quantitative estimate of drug-likeness (QED) is 0.859. The van der Waals surface area contributed by atoms with Gasteiger partial charge >= 0.3 is 5.97 Å². The standard InChI is InChI=1S/C15H18BrNO3/c1-15(2)10-17(7-8-20-15)13-9-12(16)5-3-11(13)4-6-14(18)19/h3-6,9H,7-8,10H2,1-2H3,(H,18,19)/b6-4+. The zero-order valence-corrected chi connectivity index (χ0v) is 13.2. The molecule has 0 radical (unpaired) electrons. The largest absolute Gasteiger partial charge is 0.478 e. The Hall–Kier alpha value is -1.33. The number of hydrogen-bond donors (Lipinski definition) is 1. The van der Waals surface area contributed by atoms with Crippen LogP contribution in [-0.4, -0.2) is 36.4 Å². The van der Waals surface area contributed by atoms with Gasteiger partial charge in [0.2, 0.25) is 0 Å². The third-order valence-electron chi connectivity index (χ3n) is 3.16. The lowest BCUT2D eigenvalue weighted by Crippen LogP contribution is -2.48. The van der Waals surface area contributed by atoms with E-state index in [1.54, 1.807) is 6.08 Å². The lowest BCUT2D eigenvalue weighted by Gasteiger charge is -2.40. The van der Waals surface area contributed by atoms with Crippen molar-refractivity contribution in [3.8, 4) is 0 Å². The van der Waals surface area contributed by atoms with Crippen molar-refractivity contribution in [3.63, 3.8) is 0 Å². The normalized spacial score (nSPS) is 18.4. The van der Waals surface area contributed by atoms with Crippen LogP contribution in [-0.2, 0) is 9.53 Å². The average molecular weight is 340 g/mol. The molecule has 1 aromatic carbocycles. The van der Waals surface area contributed by atoms with Crippen LogP contribution in [0.5, 0.6) is 0 Å². The predicted molar refractivity (Wildman–Crippen MR) is 83.1 cm³/mol. The van der Waals surface area contributed by atoms with Crippen LogP contribution in [0.1, 0.15) is 19.4 Å². The number of hydrogen-bond acceptors (Lipinski definition) is 3. The summed E-state index contributed by atoms with van der Waals surface area (Å²) in [7, 11) is 0. The maximum atomic E-state index is 10.7. The first-order valence-corrected chi connectivity index (χ1v) is 7.26. The molecule has 0 bridgehead atoms. The number of carboxylic acid groups (broad SMARTS) is 1. The molecule has 0 amide bonds. The Bertz CT molecular complexity index is 540. The van der Waals surface area contributed by atoms with E-state index in [-0.39, 0.29) is 5.60 Å². The second-order valence-corrected chi connectivity index (χ2v) is 6.32. The van der Waals surface area contributed by atoms with Crippen LogP contribution in [0.2, 0.25) is 0 Å². The van der Waals surface area contributed by atoms with Gasteiger partial charge in [0.25, 0.3) is 0 Å². The summed E-state index contributed by atoms with van der Waals surface area (Å²) < 4.78 is 6.70. The molecule has 0 aliphatic carbocycles. The molecule has 1 saturated heterocycles. The van der Waals surface area contributed by atoms with Crippen LogP contribution in [0.15, 0.2) is 28.7 Å². The van der Waals surface area contributed by atoms with Crippen molar-refractivity contribution in [2.24, 2.45) is 0 Å². The predicted octanol–water partition coefficient (Wildman–Crippen LogP) is 3.16. The van der Waals surface area contributed by atoms with Crippen molar-refractivity contribution in [1.82, 2.24) is 0 Å². The molecule has 0 spiro atoms. The van der Waals surface area contributed by atoms with Gasteiger partial charge in [0.05, 0.1) is 12.2 Å². The molecule has 1 aliphatic heterocycles. The molecule has 0 unspecified atom stereocenters. The van der Waals surface area contributed by atoms with E-state index in [0.717, 1.165) is 28.8 Å².